The topological polar surface area (TPSA) is 26.3 Å². The van der Waals surface area contributed by atoms with Crippen LogP contribution in [-0.4, -0.2) is 5.97 Å². The van der Waals surface area contributed by atoms with Gasteiger partial charge in [0.05, 0.1) is 23.8 Å². The van der Waals surface area contributed by atoms with Gasteiger partial charge in [-0.25, -0.2) is 0 Å². The molecule has 0 saturated heterocycles. The molecule has 0 N–H and O–H groups in total. The Hall–Kier alpha value is -1.99. The fourth-order valence-electron chi connectivity index (χ4n) is 1.92. The molecule has 1 aliphatic heterocycles. The molecule has 2 nitrogen and oxygen atoms in total. The quantitative estimate of drug-likeness (QED) is 0.567. The average Bonchev–Trinajstić information content (AvgIpc) is 2.37. The van der Waals surface area contributed by atoms with Crippen LogP contribution < -0.4 is 0 Å². The van der Waals surface area contributed by atoms with Crippen LogP contribution in [0.4, 0.5) is 26.3 Å². The summed E-state index contributed by atoms with van der Waals surface area (Å²) in [4.78, 5) is 10.9. The van der Waals surface area contributed by atoms with Gasteiger partial charge in [0.1, 0.15) is 0 Å². The molecule has 0 aliphatic carbocycles. The maximum absolute atomic E-state index is 12.9. The fourth-order valence-corrected chi connectivity index (χ4v) is 1.92. The van der Waals surface area contributed by atoms with E-state index in [9.17, 15) is 31.1 Å². The van der Waals surface area contributed by atoms with Crippen molar-refractivity contribution in [3.8, 4) is 0 Å². The van der Waals surface area contributed by atoms with Crippen LogP contribution in [0.15, 0.2) is 24.5 Å². The van der Waals surface area contributed by atoms with Gasteiger partial charge in [-0.1, -0.05) is 6.07 Å². The molecule has 0 bridgehead atoms. The molecule has 0 fully saturated rings. The molecule has 1 heterocycles. The summed E-state index contributed by atoms with van der Waals surface area (Å²) in [6.45, 7) is 0. The van der Waals surface area contributed by atoms with Gasteiger partial charge in [0.25, 0.3) is 0 Å². The van der Waals surface area contributed by atoms with E-state index in [4.69, 9.17) is 0 Å². The first-order valence-electron chi connectivity index (χ1n) is 5.76. The van der Waals surface area contributed by atoms with Gasteiger partial charge >= 0.3 is 18.3 Å². The predicted molar refractivity (Wildman–Crippen MR) is 59.7 cm³/mol. The summed E-state index contributed by atoms with van der Waals surface area (Å²) in [7, 11) is 0. The minimum Gasteiger partial charge on any atom is -0.434 e. The van der Waals surface area contributed by atoms with Crippen molar-refractivity contribution in [2.75, 3.05) is 0 Å². The predicted octanol–water partition coefficient (Wildman–Crippen LogP) is 4.40. The second-order valence-corrected chi connectivity index (χ2v) is 4.39. The zero-order valence-electron chi connectivity index (χ0n) is 10.3. The minimum atomic E-state index is -4.95. The lowest BCUT2D eigenvalue weighted by Gasteiger charge is -2.19. The molecule has 1 aromatic carbocycles. The van der Waals surface area contributed by atoms with E-state index in [-0.39, 0.29) is 24.5 Å². The Labute approximate surface area is 115 Å². The number of carbonyl (C=O) groups excluding carboxylic acids is 1. The number of carbonyl (C=O) groups is 1. The van der Waals surface area contributed by atoms with Gasteiger partial charge in [0.2, 0.25) is 0 Å². The zero-order chi connectivity index (χ0) is 15.8. The summed E-state index contributed by atoms with van der Waals surface area (Å²) in [5.41, 5.74) is -3.16. The molecular weight excluding hydrogens is 302 g/mol. The Morgan fingerprint density at radius 2 is 1.62 bits per heavy atom. The van der Waals surface area contributed by atoms with Gasteiger partial charge in [-0.2, -0.15) is 26.3 Å². The fraction of sp³-hybridized carbons (Fsp3) is 0.308. The van der Waals surface area contributed by atoms with E-state index in [1.807, 2.05) is 0 Å². The molecule has 1 aliphatic rings. The standard InChI is InChI=1S/C13H8F6O2/c14-12(15,16)8-2-3-9(10(5-8)13(17,18)19)7-1-4-11(20)21-6-7/h2-3,5-6H,1,4H2. The van der Waals surface area contributed by atoms with Crippen molar-refractivity contribution in [1.82, 2.24) is 0 Å². The maximum atomic E-state index is 12.9. The summed E-state index contributed by atoms with van der Waals surface area (Å²) in [6, 6.07) is 1.38. The molecule has 0 unspecified atom stereocenters. The van der Waals surface area contributed by atoms with Gasteiger partial charge in [0.15, 0.2) is 0 Å². The van der Waals surface area contributed by atoms with E-state index >= 15 is 0 Å². The number of esters is 1. The molecule has 0 aromatic heterocycles. The van der Waals surface area contributed by atoms with Crippen molar-refractivity contribution in [1.29, 1.82) is 0 Å². The highest BCUT2D eigenvalue weighted by molar-refractivity contribution is 5.79. The number of cyclic esters (lactones) is 1. The lowest BCUT2D eigenvalue weighted by Crippen LogP contribution is -2.15. The van der Waals surface area contributed by atoms with Crippen LogP contribution in [0.25, 0.3) is 5.57 Å². The lowest BCUT2D eigenvalue weighted by molar-refractivity contribution is -0.143. The minimum absolute atomic E-state index is 0.0206. The van der Waals surface area contributed by atoms with E-state index in [0.717, 1.165) is 12.3 Å². The van der Waals surface area contributed by atoms with Crippen LogP contribution in [-0.2, 0) is 21.9 Å². The molecule has 0 radical (unpaired) electrons. The summed E-state index contributed by atoms with van der Waals surface area (Å²) in [5, 5.41) is 0. The Morgan fingerprint density at radius 1 is 0.952 bits per heavy atom. The highest BCUT2D eigenvalue weighted by atomic mass is 19.4. The number of benzene rings is 1. The first kappa shape index (κ1) is 15.4. The summed E-state index contributed by atoms with van der Waals surface area (Å²) in [5.74, 6) is -0.598. The third-order valence-corrected chi connectivity index (χ3v) is 2.93. The van der Waals surface area contributed by atoms with Crippen molar-refractivity contribution < 1.29 is 35.9 Å². The molecule has 1 aromatic rings. The molecule has 0 saturated carbocycles. The van der Waals surface area contributed by atoms with Gasteiger partial charge in [-0.3, -0.25) is 4.79 Å². The summed E-state index contributed by atoms with van der Waals surface area (Å²) in [6.07, 6.45) is -9.11. The van der Waals surface area contributed by atoms with Gasteiger partial charge < -0.3 is 4.74 Å². The number of rotatable bonds is 1. The third kappa shape index (κ3) is 3.37. The number of hydrogen-bond donors (Lipinski definition) is 0. The molecule has 8 heteroatoms. The summed E-state index contributed by atoms with van der Waals surface area (Å²) >= 11 is 0. The Kier molecular flexibility index (Phi) is 3.73. The van der Waals surface area contributed by atoms with Gasteiger partial charge in [-0.15, -0.1) is 0 Å². The van der Waals surface area contributed by atoms with Crippen LogP contribution in [0, 0.1) is 0 Å². The second kappa shape index (κ2) is 5.09. The SMILES string of the molecule is O=C1CCC(c2ccc(C(F)(F)F)cc2C(F)(F)F)=CO1. The van der Waals surface area contributed by atoms with Crippen LogP contribution in [0.2, 0.25) is 0 Å². The Bertz CT molecular complexity index is 598. The number of hydrogen-bond acceptors (Lipinski definition) is 2. The smallest absolute Gasteiger partial charge is 0.417 e. The summed E-state index contributed by atoms with van der Waals surface area (Å²) < 4.78 is 80.9. The molecule has 0 amide bonds. The number of allylic oxidation sites excluding steroid dienone is 1. The Morgan fingerprint density at radius 3 is 2.10 bits per heavy atom. The maximum Gasteiger partial charge on any atom is 0.417 e. The zero-order valence-corrected chi connectivity index (χ0v) is 10.3. The van der Waals surface area contributed by atoms with E-state index in [1.54, 1.807) is 0 Å². The number of alkyl halides is 6. The Balaban J connectivity index is 2.54. The normalized spacial score (nSPS) is 16.5. The van der Waals surface area contributed by atoms with Crippen molar-refractivity contribution in [3.63, 3.8) is 0 Å². The van der Waals surface area contributed by atoms with Crippen LogP contribution in [0.3, 0.4) is 0 Å². The first-order valence-corrected chi connectivity index (χ1v) is 5.76. The van der Waals surface area contributed by atoms with Crippen molar-refractivity contribution in [2.45, 2.75) is 25.2 Å². The van der Waals surface area contributed by atoms with E-state index in [0.29, 0.717) is 6.07 Å². The molecule has 21 heavy (non-hydrogen) atoms. The molecule has 114 valence electrons. The second-order valence-electron chi connectivity index (χ2n) is 4.39. The van der Waals surface area contributed by atoms with Crippen molar-refractivity contribution in [3.05, 3.63) is 41.2 Å². The van der Waals surface area contributed by atoms with Gasteiger partial charge in [-0.05, 0) is 29.7 Å². The third-order valence-electron chi connectivity index (χ3n) is 2.93. The monoisotopic (exact) mass is 310 g/mol. The van der Waals surface area contributed by atoms with E-state index in [1.165, 1.54) is 0 Å². The van der Waals surface area contributed by atoms with Gasteiger partial charge in [0, 0.05) is 0 Å². The number of ether oxygens (including phenoxy) is 1. The van der Waals surface area contributed by atoms with E-state index in [2.05, 4.69) is 4.74 Å². The average molecular weight is 310 g/mol. The molecule has 0 spiro atoms. The largest absolute Gasteiger partial charge is 0.434 e. The highest BCUT2D eigenvalue weighted by Gasteiger charge is 2.38. The molecule has 2 rings (SSSR count). The number of halogens is 6. The highest BCUT2D eigenvalue weighted by Crippen LogP contribution is 2.40. The lowest BCUT2D eigenvalue weighted by atomic mass is 9.94. The van der Waals surface area contributed by atoms with Crippen LogP contribution in [0.1, 0.15) is 29.5 Å². The first-order chi connectivity index (χ1) is 9.59. The van der Waals surface area contributed by atoms with Crippen LogP contribution >= 0.6 is 0 Å². The molecular formula is C13H8F6O2. The molecule has 0 atom stereocenters. The van der Waals surface area contributed by atoms with Crippen molar-refractivity contribution in [2.24, 2.45) is 0 Å². The van der Waals surface area contributed by atoms with Crippen LogP contribution in [0.5, 0.6) is 0 Å². The van der Waals surface area contributed by atoms with Crippen molar-refractivity contribution >= 4 is 11.5 Å². The van der Waals surface area contributed by atoms with E-state index < -0.39 is 35.0 Å².